The van der Waals surface area contributed by atoms with Crippen molar-refractivity contribution < 1.29 is 4.79 Å². The fourth-order valence-corrected chi connectivity index (χ4v) is 4.52. The smallest absolute Gasteiger partial charge is 0.236 e. The minimum atomic E-state index is -0.210. The fraction of sp³-hybridized carbons (Fsp3) is 0.318. The number of benzene rings is 2. The molecule has 144 valence electrons. The van der Waals surface area contributed by atoms with Crippen LogP contribution in [0.3, 0.4) is 0 Å². The first-order chi connectivity index (χ1) is 13.5. The normalized spacial score (nSPS) is 14.6. The molecule has 2 aromatic carbocycles. The molecule has 1 unspecified atom stereocenters. The molecule has 6 heteroatoms. The number of aromatic nitrogens is 3. The molecule has 2 heterocycles. The molecule has 3 aromatic rings. The topological polar surface area (TPSA) is 51.0 Å². The van der Waals surface area contributed by atoms with E-state index < -0.39 is 0 Å². The van der Waals surface area contributed by atoms with Crippen molar-refractivity contribution in [2.45, 2.75) is 37.2 Å². The summed E-state index contributed by atoms with van der Waals surface area (Å²) in [6, 6.07) is 16.5. The van der Waals surface area contributed by atoms with E-state index in [4.69, 9.17) is 0 Å². The lowest BCUT2D eigenvalue weighted by Crippen LogP contribution is -2.40. The van der Waals surface area contributed by atoms with Crippen LogP contribution in [0.1, 0.15) is 23.6 Å². The van der Waals surface area contributed by atoms with Crippen LogP contribution in [0.4, 0.5) is 0 Å². The Morgan fingerprint density at radius 3 is 2.57 bits per heavy atom. The molecule has 0 spiro atoms. The van der Waals surface area contributed by atoms with Crippen LogP contribution in [0.15, 0.2) is 53.7 Å². The Kier molecular flexibility index (Phi) is 5.22. The molecule has 0 N–H and O–H groups in total. The van der Waals surface area contributed by atoms with Gasteiger partial charge in [0.25, 0.3) is 0 Å². The molecule has 1 aliphatic rings. The summed E-state index contributed by atoms with van der Waals surface area (Å²) in [5.41, 5.74) is 4.82. The highest BCUT2D eigenvalue weighted by Gasteiger charge is 2.26. The molecule has 0 saturated heterocycles. The third-order valence-electron chi connectivity index (χ3n) is 5.29. The maximum absolute atomic E-state index is 13.0. The van der Waals surface area contributed by atoms with Crippen LogP contribution in [0.2, 0.25) is 0 Å². The predicted molar refractivity (Wildman–Crippen MR) is 112 cm³/mol. The fourth-order valence-electron chi connectivity index (χ4n) is 3.63. The minimum absolute atomic E-state index is 0.153. The standard InChI is InChI=1S/C22H24N4OS/c1-15-8-4-7-11-19(15)20-23-24-22(25(20)3)28-16(2)21(27)26-13-12-17-9-5-6-10-18(17)14-26/h4-11,16H,12-14H2,1-3H3. The van der Waals surface area contributed by atoms with E-state index in [2.05, 4.69) is 41.4 Å². The summed E-state index contributed by atoms with van der Waals surface area (Å²) in [7, 11) is 1.96. The highest BCUT2D eigenvalue weighted by atomic mass is 32.2. The van der Waals surface area contributed by atoms with E-state index in [9.17, 15) is 4.79 Å². The molecule has 4 rings (SSSR count). The van der Waals surface area contributed by atoms with Crippen molar-refractivity contribution in [1.82, 2.24) is 19.7 Å². The second kappa shape index (κ2) is 7.80. The lowest BCUT2D eigenvalue weighted by atomic mass is 10.00. The molecule has 1 atom stereocenters. The third-order valence-corrected chi connectivity index (χ3v) is 6.41. The Balaban J connectivity index is 1.48. The number of aryl methyl sites for hydroxylation is 1. The average Bonchev–Trinajstić information content (AvgIpc) is 3.07. The molecule has 0 fully saturated rings. The van der Waals surface area contributed by atoms with E-state index in [0.717, 1.165) is 35.1 Å². The highest BCUT2D eigenvalue weighted by molar-refractivity contribution is 8.00. The van der Waals surface area contributed by atoms with Gasteiger partial charge in [0, 0.05) is 25.7 Å². The number of thioether (sulfide) groups is 1. The Hall–Kier alpha value is -2.60. The zero-order valence-electron chi connectivity index (χ0n) is 16.4. The van der Waals surface area contributed by atoms with Crippen LogP contribution in [-0.4, -0.2) is 37.4 Å². The van der Waals surface area contributed by atoms with E-state index in [0.29, 0.717) is 6.54 Å². The van der Waals surface area contributed by atoms with Gasteiger partial charge in [0.2, 0.25) is 5.91 Å². The van der Waals surface area contributed by atoms with Crippen LogP contribution in [0, 0.1) is 6.92 Å². The number of fused-ring (bicyclic) bond motifs is 1. The van der Waals surface area contributed by atoms with Crippen LogP contribution < -0.4 is 0 Å². The molecule has 0 aliphatic carbocycles. The van der Waals surface area contributed by atoms with Crippen molar-refractivity contribution in [2.75, 3.05) is 6.54 Å². The van der Waals surface area contributed by atoms with E-state index in [1.54, 1.807) is 0 Å². The SMILES string of the molecule is Cc1ccccc1-c1nnc(SC(C)C(=O)N2CCc3ccccc3C2)n1C. The number of hydrogen-bond acceptors (Lipinski definition) is 4. The summed E-state index contributed by atoms with van der Waals surface area (Å²) in [5.74, 6) is 0.979. The Bertz CT molecular complexity index is 1010. The summed E-state index contributed by atoms with van der Waals surface area (Å²) in [4.78, 5) is 15.0. The molecule has 1 aliphatic heterocycles. The maximum Gasteiger partial charge on any atom is 0.236 e. The quantitative estimate of drug-likeness (QED) is 0.633. The van der Waals surface area contributed by atoms with Gasteiger partial charge >= 0.3 is 0 Å². The number of carbonyl (C=O) groups is 1. The lowest BCUT2D eigenvalue weighted by molar-refractivity contribution is -0.131. The van der Waals surface area contributed by atoms with Crippen molar-refractivity contribution in [3.8, 4) is 11.4 Å². The van der Waals surface area contributed by atoms with Gasteiger partial charge in [-0.2, -0.15) is 0 Å². The summed E-state index contributed by atoms with van der Waals surface area (Å²) in [5, 5.41) is 9.26. The van der Waals surface area contributed by atoms with Crippen LogP contribution in [0.5, 0.6) is 0 Å². The molecule has 5 nitrogen and oxygen atoms in total. The zero-order chi connectivity index (χ0) is 19.7. The summed E-state index contributed by atoms with van der Waals surface area (Å²) in [6.07, 6.45) is 0.917. The van der Waals surface area contributed by atoms with Gasteiger partial charge in [0.05, 0.1) is 5.25 Å². The summed E-state index contributed by atoms with van der Waals surface area (Å²) < 4.78 is 1.97. The van der Waals surface area contributed by atoms with Gasteiger partial charge in [-0.1, -0.05) is 60.3 Å². The number of carbonyl (C=O) groups excluding carboxylic acids is 1. The molecular weight excluding hydrogens is 368 g/mol. The van der Waals surface area contributed by atoms with Crippen LogP contribution >= 0.6 is 11.8 Å². The Labute approximate surface area is 169 Å². The van der Waals surface area contributed by atoms with Gasteiger partial charge in [-0.3, -0.25) is 4.79 Å². The zero-order valence-corrected chi connectivity index (χ0v) is 17.2. The maximum atomic E-state index is 13.0. The molecule has 0 bridgehead atoms. The van der Waals surface area contributed by atoms with E-state index in [-0.39, 0.29) is 11.2 Å². The number of amides is 1. The van der Waals surface area contributed by atoms with Crippen molar-refractivity contribution in [1.29, 1.82) is 0 Å². The number of nitrogens with zero attached hydrogens (tertiary/aromatic N) is 4. The van der Waals surface area contributed by atoms with Crippen molar-refractivity contribution in [3.05, 3.63) is 65.2 Å². The molecular formula is C22H24N4OS. The molecule has 28 heavy (non-hydrogen) atoms. The second-order valence-corrected chi connectivity index (χ2v) is 8.53. The van der Waals surface area contributed by atoms with Gasteiger partial charge in [-0.25, -0.2) is 0 Å². The first kappa shape index (κ1) is 18.7. The van der Waals surface area contributed by atoms with Crippen molar-refractivity contribution in [3.63, 3.8) is 0 Å². The molecule has 0 radical (unpaired) electrons. The van der Waals surface area contributed by atoms with E-state index in [1.165, 1.54) is 22.9 Å². The Morgan fingerprint density at radius 2 is 1.79 bits per heavy atom. The monoisotopic (exact) mass is 392 g/mol. The first-order valence-corrected chi connectivity index (χ1v) is 10.4. The third kappa shape index (κ3) is 3.56. The van der Waals surface area contributed by atoms with Gasteiger partial charge in [0.1, 0.15) is 0 Å². The van der Waals surface area contributed by atoms with E-state index >= 15 is 0 Å². The highest BCUT2D eigenvalue weighted by Crippen LogP contribution is 2.29. The number of hydrogen-bond donors (Lipinski definition) is 0. The van der Waals surface area contributed by atoms with Crippen LogP contribution in [-0.2, 0) is 24.8 Å². The predicted octanol–water partition coefficient (Wildman–Crippen LogP) is 3.86. The van der Waals surface area contributed by atoms with Crippen LogP contribution in [0.25, 0.3) is 11.4 Å². The molecule has 1 aromatic heterocycles. The average molecular weight is 393 g/mol. The minimum Gasteiger partial charge on any atom is -0.337 e. The second-order valence-electron chi connectivity index (χ2n) is 7.22. The summed E-state index contributed by atoms with van der Waals surface area (Å²) in [6.45, 7) is 5.48. The van der Waals surface area contributed by atoms with Gasteiger partial charge < -0.3 is 9.47 Å². The van der Waals surface area contributed by atoms with Gasteiger partial charge in [0.15, 0.2) is 11.0 Å². The largest absolute Gasteiger partial charge is 0.337 e. The first-order valence-electron chi connectivity index (χ1n) is 9.52. The number of rotatable bonds is 4. The molecule has 0 saturated carbocycles. The Morgan fingerprint density at radius 1 is 1.07 bits per heavy atom. The lowest BCUT2D eigenvalue weighted by Gasteiger charge is -2.30. The van der Waals surface area contributed by atoms with Crippen molar-refractivity contribution >= 4 is 17.7 Å². The summed E-state index contributed by atoms with van der Waals surface area (Å²) >= 11 is 1.47. The molecule has 1 amide bonds. The van der Waals surface area contributed by atoms with Gasteiger partial charge in [-0.05, 0) is 37.0 Å². The van der Waals surface area contributed by atoms with Gasteiger partial charge in [-0.15, -0.1) is 10.2 Å². The van der Waals surface area contributed by atoms with E-state index in [1.807, 2.05) is 47.7 Å². The van der Waals surface area contributed by atoms with Crippen molar-refractivity contribution in [2.24, 2.45) is 7.05 Å².